The van der Waals surface area contributed by atoms with Gasteiger partial charge in [-0.2, -0.15) is 11.3 Å². The maximum Gasteiger partial charge on any atom is 0.252 e. The minimum atomic E-state index is 0.00300. The zero-order valence-electron chi connectivity index (χ0n) is 11.4. The zero-order chi connectivity index (χ0) is 13.9. The Labute approximate surface area is 122 Å². The van der Waals surface area contributed by atoms with Crippen molar-refractivity contribution < 1.29 is 9.53 Å². The third kappa shape index (κ3) is 2.85. The first-order valence-electron chi connectivity index (χ1n) is 6.80. The highest BCUT2D eigenvalue weighted by atomic mass is 32.1. The molecule has 0 radical (unpaired) electrons. The van der Waals surface area contributed by atoms with Crippen molar-refractivity contribution in [3.8, 4) is 5.75 Å². The molecule has 1 aromatic carbocycles. The lowest BCUT2D eigenvalue weighted by Crippen LogP contribution is -2.33. The van der Waals surface area contributed by atoms with E-state index in [1.54, 1.807) is 0 Å². The molecule has 104 valence electrons. The van der Waals surface area contributed by atoms with Crippen molar-refractivity contribution in [3.63, 3.8) is 0 Å². The molecule has 1 aliphatic rings. The topological polar surface area (TPSA) is 38.3 Å². The Kier molecular flexibility index (Phi) is 3.74. The fraction of sp³-hybridized carbons (Fsp3) is 0.312. The van der Waals surface area contributed by atoms with E-state index in [9.17, 15) is 4.79 Å². The highest BCUT2D eigenvalue weighted by molar-refractivity contribution is 7.08. The highest BCUT2D eigenvalue weighted by Gasteiger charge is 2.14. The number of thiophene rings is 1. The van der Waals surface area contributed by atoms with Crippen LogP contribution in [0.15, 0.2) is 35.0 Å². The van der Waals surface area contributed by atoms with Crippen molar-refractivity contribution in [3.05, 3.63) is 51.7 Å². The van der Waals surface area contributed by atoms with E-state index in [1.807, 2.05) is 29.8 Å². The van der Waals surface area contributed by atoms with Crippen molar-refractivity contribution in [2.45, 2.75) is 25.8 Å². The van der Waals surface area contributed by atoms with E-state index in [4.69, 9.17) is 4.74 Å². The largest absolute Gasteiger partial charge is 0.493 e. The first kappa shape index (κ1) is 13.2. The van der Waals surface area contributed by atoms with Gasteiger partial charge < -0.3 is 10.1 Å². The molecule has 1 atom stereocenters. The number of ether oxygens (including phenoxy) is 1. The van der Waals surface area contributed by atoms with Crippen molar-refractivity contribution in [2.75, 3.05) is 6.61 Å². The monoisotopic (exact) mass is 287 g/mol. The molecule has 2 aromatic rings. The molecular weight excluding hydrogens is 270 g/mol. The van der Waals surface area contributed by atoms with Gasteiger partial charge in [-0.05, 0) is 42.0 Å². The first-order chi connectivity index (χ1) is 9.72. The summed E-state index contributed by atoms with van der Waals surface area (Å²) in [4.78, 5) is 12.0. The van der Waals surface area contributed by atoms with Gasteiger partial charge in [0.2, 0.25) is 0 Å². The Morgan fingerprint density at radius 3 is 3.15 bits per heavy atom. The van der Waals surface area contributed by atoms with Gasteiger partial charge in [-0.3, -0.25) is 4.79 Å². The molecule has 0 saturated carbocycles. The van der Waals surface area contributed by atoms with Gasteiger partial charge in [0, 0.05) is 23.4 Å². The lowest BCUT2D eigenvalue weighted by Gasteiger charge is -2.14. The Morgan fingerprint density at radius 2 is 2.35 bits per heavy atom. The van der Waals surface area contributed by atoms with Crippen LogP contribution in [0.2, 0.25) is 0 Å². The third-order valence-corrected chi connectivity index (χ3v) is 4.14. The number of hydrogen-bond acceptors (Lipinski definition) is 3. The Hall–Kier alpha value is -1.81. The number of carbonyl (C=O) groups is 1. The molecule has 4 heteroatoms. The van der Waals surface area contributed by atoms with Gasteiger partial charge >= 0.3 is 0 Å². The third-order valence-electron chi connectivity index (χ3n) is 3.46. The average molecular weight is 287 g/mol. The van der Waals surface area contributed by atoms with Crippen LogP contribution in [0.1, 0.15) is 28.4 Å². The summed E-state index contributed by atoms with van der Waals surface area (Å²) >= 11 is 1.54. The summed E-state index contributed by atoms with van der Waals surface area (Å²) in [6, 6.07) is 8.26. The SMILES string of the molecule is C[C@@H](Cc1ccc2c(c1)CCO2)NC(=O)c1ccsc1. The smallest absolute Gasteiger partial charge is 0.252 e. The normalized spacial score (nSPS) is 14.4. The zero-order valence-corrected chi connectivity index (χ0v) is 12.2. The molecule has 0 saturated heterocycles. The molecular formula is C16H17NO2S. The Bertz CT molecular complexity index is 607. The summed E-state index contributed by atoms with van der Waals surface area (Å²) in [5.74, 6) is 1.01. The fourth-order valence-corrected chi connectivity index (χ4v) is 3.11. The van der Waals surface area contributed by atoms with E-state index in [-0.39, 0.29) is 11.9 Å². The minimum Gasteiger partial charge on any atom is -0.493 e. The quantitative estimate of drug-likeness (QED) is 0.938. The molecule has 2 heterocycles. The predicted octanol–water partition coefficient (Wildman–Crippen LogP) is 3.04. The fourth-order valence-electron chi connectivity index (χ4n) is 2.47. The van der Waals surface area contributed by atoms with Gasteiger partial charge in [0.25, 0.3) is 5.91 Å². The highest BCUT2D eigenvalue weighted by Crippen LogP contribution is 2.26. The molecule has 0 bridgehead atoms. The second-order valence-electron chi connectivity index (χ2n) is 5.13. The summed E-state index contributed by atoms with van der Waals surface area (Å²) in [7, 11) is 0. The lowest BCUT2D eigenvalue weighted by atomic mass is 10.0. The van der Waals surface area contributed by atoms with Gasteiger partial charge in [-0.15, -0.1) is 0 Å². The number of benzene rings is 1. The summed E-state index contributed by atoms with van der Waals surface area (Å²) in [6.07, 6.45) is 1.82. The van der Waals surface area contributed by atoms with Gasteiger partial charge in [-0.1, -0.05) is 12.1 Å². The number of nitrogens with one attached hydrogen (secondary N) is 1. The molecule has 0 spiro atoms. The first-order valence-corrected chi connectivity index (χ1v) is 7.74. The van der Waals surface area contributed by atoms with Gasteiger partial charge in [0.1, 0.15) is 5.75 Å². The van der Waals surface area contributed by atoms with E-state index in [0.29, 0.717) is 0 Å². The molecule has 3 rings (SSSR count). The van der Waals surface area contributed by atoms with Crippen LogP contribution in [0.3, 0.4) is 0 Å². The molecule has 1 aromatic heterocycles. The summed E-state index contributed by atoms with van der Waals surface area (Å²) < 4.78 is 5.50. The summed E-state index contributed by atoms with van der Waals surface area (Å²) in [5, 5.41) is 6.82. The van der Waals surface area contributed by atoms with Crippen molar-refractivity contribution >= 4 is 17.2 Å². The van der Waals surface area contributed by atoms with Gasteiger partial charge in [-0.25, -0.2) is 0 Å². The van der Waals surface area contributed by atoms with Crippen LogP contribution >= 0.6 is 11.3 Å². The lowest BCUT2D eigenvalue weighted by molar-refractivity contribution is 0.0940. The van der Waals surface area contributed by atoms with Crippen LogP contribution in [0.5, 0.6) is 5.75 Å². The van der Waals surface area contributed by atoms with E-state index in [1.165, 1.54) is 22.5 Å². The molecule has 20 heavy (non-hydrogen) atoms. The van der Waals surface area contributed by atoms with Crippen LogP contribution in [-0.4, -0.2) is 18.6 Å². The van der Waals surface area contributed by atoms with E-state index in [2.05, 4.69) is 17.4 Å². The molecule has 1 aliphatic heterocycles. The standard InChI is InChI=1S/C16H17NO2S/c1-11(17-16(18)14-5-7-20-10-14)8-12-2-3-15-13(9-12)4-6-19-15/h2-3,5,7,9-11H,4,6,8H2,1H3,(H,17,18)/t11-/m0/s1. The second kappa shape index (κ2) is 5.67. The molecule has 1 N–H and O–H groups in total. The molecule has 3 nitrogen and oxygen atoms in total. The van der Waals surface area contributed by atoms with Crippen molar-refractivity contribution in [2.24, 2.45) is 0 Å². The van der Waals surface area contributed by atoms with Crippen LogP contribution in [0, 0.1) is 0 Å². The van der Waals surface area contributed by atoms with E-state index >= 15 is 0 Å². The molecule has 0 fully saturated rings. The van der Waals surface area contributed by atoms with Crippen LogP contribution < -0.4 is 10.1 Å². The van der Waals surface area contributed by atoms with Gasteiger partial charge in [0.05, 0.1) is 6.61 Å². The van der Waals surface area contributed by atoms with Gasteiger partial charge in [0.15, 0.2) is 0 Å². The number of amides is 1. The van der Waals surface area contributed by atoms with E-state index in [0.717, 1.165) is 30.8 Å². The average Bonchev–Trinajstić information content (AvgIpc) is 3.09. The number of carbonyl (C=O) groups excluding carboxylic acids is 1. The molecule has 0 unspecified atom stereocenters. The maximum absolute atomic E-state index is 12.0. The van der Waals surface area contributed by atoms with Crippen LogP contribution in [0.25, 0.3) is 0 Å². The van der Waals surface area contributed by atoms with Crippen molar-refractivity contribution in [1.82, 2.24) is 5.32 Å². The Balaban J connectivity index is 1.61. The predicted molar refractivity (Wildman–Crippen MR) is 80.6 cm³/mol. The van der Waals surface area contributed by atoms with Crippen LogP contribution in [0.4, 0.5) is 0 Å². The molecule has 0 aliphatic carbocycles. The summed E-state index contributed by atoms with van der Waals surface area (Å²) in [6.45, 7) is 2.82. The maximum atomic E-state index is 12.0. The number of fused-ring (bicyclic) bond motifs is 1. The Morgan fingerprint density at radius 1 is 1.45 bits per heavy atom. The minimum absolute atomic E-state index is 0.00300. The second-order valence-corrected chi connectivity index (χ2v) is 5.91. The number of hydrogen-bond donors (Lipinski definition) is 1. The van der Waals surface area contributed by atoms with Crippen molar-refractivity contribution in [1.29, 1.82) is 0 Å². The molecule has 1 amide bonds. The number of rotatable bonds is 4. The summed E-state index contributed by atoms with van der Waals surface area (Å²) in [5.41, 5.74) is 3.26. The van der Waals surface area contributed by atoms with E-state index < -0.39 is 0 Å². The van der Waals surface area contributed by atoms with Crippen LogP contribution in [-0.2, 0) is 12.8 Å².